The molecule has 7 heteroatoms. The van der Waals surface area contributed by atoms with Crippen molar-refractivity contribution in [3.8, 4) is 0 Å². The van der Waals surface area contributed by atoms with Crippen LogP contribution < -0.4 is 5.48 Å². The maximum absolute atomic E-state index is 13.0. The summed E-state index contributed by atoms with van der Waals surface area (Å²) in [4.78, 5) is 32.0. The lowest BCUT2D eigenvalue weighted by Crippen LogP contribution is -2.45. The van der Waals surface area contributed by atoms with Crippen LogP contribution in [0.5, 0.6) is 0 Å². The molecule has 7 nitrogen and oxygen atoms in total. The molecule has 0 fully saturated rings. The maximum atomic E-state index is 13.0. The molecule has 2 aromatic carbocycles. The van der Waals surface area contributed by atoms with Gasteiger partial charge in [0.25, 0.3) is 11.8 Å². The van der Waals surface area contributed by atoms with Crippen molar-refractivity contribution < 1.29 is 19.6 Å². The molecule has 0 spiro atoms. The highest BCUT2D eigenvalue weighted by molar-refractivity contribution is 5.97. The lowest BCUT2D eigenvalue weighted by atomic mass is 9.97. The molecule has 1 aliphatic rings. The molecule has 1 heterocycles. The van der Waals surface area contributed by atoms with Crippen LogP contribution in [0.25, 0.3) is 0 Å². The average molecular weight is 355 g/mol. The Balaban J connectivity index is 1.91. The van der Waals surface area contributed by atoms with Gasteiger partial charge in [-0.15, -0.1) is 0 Å². The second-order valence-electron chi connectivity index (χ2n) is 6.13. The lowest BCUT2D eigenvalue weighted by Gasteiger charge is -2.40. The predicted molar refractivity (Wildman–Crippen MR) is 94.4 cm³/mol. The van der Waals surface area contributed by atoms with Crippen molar-refractivity contribution in [3.05, 3.63) is 70.8 Å². The van der Waals surface area contributed by atoms with E-state index in [0.29, 0.717) is 5.56 Å². The Hall–Kier alpha value is -2.74. The number of amides is 2. The van der Waals surface area contributed by atoms with E-state index in [0.717, 1.165) is 18.5 Å². The van der Waals surface area contributed by atoms with Gasteiger partial charge in [0.15, 0.2) is 0 Å². The van der Waals surface area contributed by atoms with Crippen LogP contribution in [0, 0.1) is 0 Å². The minimum absolute atomic E-state index is 0.258. The van der Waals surface area contributed by atoms with E-state index >= 15 is 0 Å². The van der Waals surface area contributed by atoms with Crippen LogP contribution in [0.3, 0.4) is 0 Å². The first kappa shape index (κ1) is 18.1. The average Bonchev–Trinajstić information content (AvgIpc) is 2.69. The van der Waals surface area contributed by atoms with Gasteiger partial charge in [0.1, 0.15) is 6.17 Å². The van der Waals surface area contributed by atoms with E-state index in [1.54, 1.807) is 5.48 Å². The number of rotatable bonds is 4. The summed E-state index contributed by atoms with van der Waals surface area (Å²) >= 11 is 0. The molecule has 0 saturated heterocycles. The fraction of sp³-hybridized carbons (Fsp3) is 0.263. The molecule has 0 bridgehead atoms. The number of hydrogen-bond acceptors (Lipinski definition) is 5. The van der Waals surface area contributed by atoms with Gasteiger partial charge in [-0.2, -0.15) is 5.06 Å². The second-order valence-corrected chi connectivity index (χ2v) is 6.13. The van der Waals surface area contributed by atoms with Crippen molar-refractivity contribution in [2.24, 2.45) is 0 Å². The van der Waals surface area contributed by atoms with E-state index in [1.807, 2.05) is 25.2 Å². The first-order chi connectivity index (χ1) is 12.6. The minimum atomic E-state index is -0.631. The molecule has 136 valence electrons. The number of benzene rings is 2. The Morgan fingerprint density at radius 1 is 1.15 bits per heavy atom. The summed E-state index contributed by atoms with van der Waals surface area (Å²) in [6.07, 6.45) is 0.581. The molecule has 2 aromatic rings. The van der Waals surface area contributed by atoms with Gasteiger partial charge >= 0.3 is 0 Å². The highest BCUT2D eigenvalue weighted by atomic mass is 16.7. The topological polar surface area (TPSA) is 82.1 Å². The highest BCUT2D eigenvalue weighted by Crippen LogP contribution is 2.32. The van der Waals surface area contributed by atoms with Crippen molar-refractivity contribution >= 4 is 11.8 Å². The number of fused-ring (bicyclic) bond motifs is 1. The van der Waals surface area contributed by atoms with Crippen LogP contribution in [0.4, 0.5) is 0 Å². The van der Waals surface area contributed by atoms with E-state index < -0.39 is 5.91 Å². The Kier molecular flexibility index (Phi) is 5.32. The first-order valence-electron chi connectivity index (χ1n) is 8.27. The summed E-state index contributed by atoms with van der Waals surface area (Å²) in [5, 5.41) is 10.0. The molecule has 2 amide bonds. The second kappa shape index (κ2) is 7.65. The van der Waals surface area contributed by atoms with Crippen molar-refractivity contribution in [3.63, 3.8) is 0 Å². The summed E-state index contributed by atoms with van der Waals surface area (Å²) in [7, 11) is 3.42. The Morgan fingerprint density at radius 2 is 1.81 bits per heavy atom. The molecule has 3 rings (SSSR count). The SMILES string of the molecule is CON(C(=O)c1ccc(C(=O)NO)cc1)C1c2ccccc2CCN1C. The quantitative estimate of drug-likeness (QED) is 0.647. The van der Waals surface area contributed by atoms with E-state index in [2.05, 4.69) is 11.0 Å². The Morgan fingerprint density at radius 3 is 2.46 bits per heavy atom. The summed E-state index contributed by atoms with van der Waals surface area (Å²) in [5.41, 5.74) is 4.44. The molecule has 0 aliphatic carbocycles. The van der Waals surface area contributed by atoms with Gasteiger partial charge in [-0.1, -0.05) is 24.3 Å². The standard InChI is InChI=1S/C19H21N3O4/c1-21-12-11-13-5-3-4-6-16(13)18(21)22(26-2)19(24)15-9-7-14(8-10-15)17(23)20-25/h3-10,18,25H,11-12H2,1-2H3,(H,20,23). The van der Waals surface area contributed by atoms with Gasteiger partial charge in [-0.3, -0.25) is 24.5 Å². The smallest absolute Gasteiger partial charge is 0.279 e. The number of hydroxylamine groups is 3. The van der Waals surface area contributed by atoms with E-state index in [9.17, 15) is 9.59 Å². The van der Waals surface area contributed by atoms with Gasteiger partial charge in [0.2, 0.25) is 0 Å². The Bertz CT molecular complexity index is 807. The van der Waals surface area contributed by atoms with E-state index in [1.165, 1.54) is 42.0 Å². The zero-order chi connectivity index (χ0) is 18.7. The molecule has 1 unspecified atom stereocenters. The van der Waals surface area contributed by atoms with Crippen LogP contribution in [-0.2, 0) is 11.3 Å². The predicted octanol–water partition coefficient (Wildman–Crippen LogP) is 2.00. The Labute approximate surface area is 151 Å². The van der Waals surface area contributed by atoms with Gasteiger partial charge < -0.3 is 0 Å². The molecule has 0 aromatic heterocycles. The molecular formula is C19H21N3O4. The van der Waals surface area contributed by atoms with Gasteiger partial charge in [0.05, 0.1) is 7.11 Å². The molecule has 26 heavy (non-hydrogen) atoms. The molecule has 2 N–H and O–H groups in total. The van der Waals surface area contributed by atoms with Crippen molar-refractivity contribution in [2.45, 2.75) is 12.6 Å². The van der Waals surface area contributed by atoms with Crippen LogP contribution in [-0.4, -0.2) is 47.7 Å². The van der Waals surface area contributed by atoms with Crippen LogP contribution >= 0.6 is 0 Å². The number of carbonyl (C=O) groups excluding carboxylic acids is 2. The van der Waals surface area contributed by atoms with Crippen molar-refractivity contribution in [1.82, 2.24) is 15.4 Å². The zero-order valence-electron chi connectivity index (χ0n) is 14.7. The molecule has 0 saturated carbocycles. The maximum Gasteiger partial charge on any atom is 0.279 e. The normalized spacial score (nSPS) is 16.7. The van der Waals surface area contributed by atoms with Gasteiger partial charge in [-0.25, -0.2) is 5.48 Å². The zero-order valence-corrected chi connectivity index (χ0v) is 14.7. The van der Waals surface area contributed by atoms with Crippen molar-refractivity contribution in [1.29, 1.82) is 0 Å². The van der Waals surface area contributed by atoms with Crippen LogP contribution in [0.15, 0.2) is 48.5 Å². The molecule has 1 atom stereocenters. The number of nitrogens with zero attached hydrogens (tertiary/aromatic N) is 2. The number of carbonyl (C=O) groups is 2. The fourth-order valence-corrected chi connectivity index (χ4v) is 3.23. The third kappa shape index (κ3) is 3.32. The third-order valence-electron chi connectivity index (χ3n) is 4.60. The van der Waals surface area contributed by atoms with Gasteiger partial charge in [-0.05, 0) is 48.9 Å². The van der Waals surface area contributed by atoms with Crippen LogP contribution in [0.1, 0.15) is 38.0 Å². The lowest BCUT2D eigenvalue weighted by molar-refractivity contribution is -0.162. The number of likely N-dealkylation sites (N-methyl/N-ethyl adjacent to an activating group) is 1. The van der Waals surface area contributed by atoms with Crippen LogP contribution in [0.2, 0.25) is 0 Å². The monoisotopic (exact) mass is 355 g/mol. The van der Waals surface area contributed by atoms with Gasteiger partial charge in [0, 0.05) is 17.7 Å². The van der Waals surface area contributed by atoms with E-state index in [-0.39, 0.29) is 17.6 Å². The number of hydrogen-bond donors (Lipinski definition) is 2. The summed E-state index contributed by atoms with van der Waals surface area (Å²) in [6.45, 7) is 0.810. The van der Waals surface area contributed by atoms with Crippen molar-refractivity contribution in [2.75, 3.05) is 20.7 Å². The highest BCUT2D eigenvalue weighted by Gasteiger charge is 2.34. The summed E-state index contributed by atoms with van der Waals surface area (Å²) < 4.78 is 0. The third-order valence-corrected chi connectivity index (χ3v) is 4.60. The molecule has 1 aliphatic heterocycles. The largest absolute Gasteiger partial charge is 0.288 e. The van der Waals surface area contributed by atoms with E-state index in [4.69, 9.17) is 10.0 Å². The minimum Gasteiger partial charge on any atom is -0.288 e. The number of nitrogens with one attached hydrogen (secondary N) is 1. The molecule has 0 radical (unpaired) electrons. The molecular weight excluding hydrogens is 334 g/mol. The summed E-state index contributed by atoms with van der Waals surface area (Å²) in [6, 6.07) is 14.0. The fourth-order valence-electron chi connectivity index (χ4n) is 3.23. The summed E-state index contributed by atoms with van der Waals surface area (Å²) in [5.74, 6) is -0.939. The first-order valence-corrected chi connectivity index (χ1v) is 8.27.